The van der Waals surface area contributed by atoms with Gasteiger partial charge in [-0.2, -0.15) is 0 Å². The molecule has 2 rings (SSSR count). The average Bonchev–Trinajstić information content (AvgIpc) is 2.87. The van der Waals surface area contributed by atoms with E-state index in [9.17, 15) is 0 Å². The molecule has 2 heterocycles. The van der Waals surface area contributed by atoms with Gasteiger partial charge < -0.3 is 4.98 Å². The van der Waals surface area contributed by atoms with Crippen molar-refractivity contribution in [2.75, 3.05) is 0 Å². The lowest BCUT2D eigenvalue weighted by molar-refractivity contribution is 0.596. The fourth-order valence-electron chi connectivity index (χ4n) is 2.32. The van der Waals surface area contributed by atoms with E-state index in [2.05, 4.69) is 38.9 Å². The maximum Gasteiger partial charge on any atom is 0.121 e. The molecular weight excluding hydrogens is 240 g/mol. The Morgan fingerprint density at radius 1 is 1.28 bits per heavy atom. The molecule has 1 unspecified atom stereocenters. The Bertz CT molecular complexity index is 496. The minimum Gasteiger partial charge on any atom is -0.351 e. The van der Waals surface area contributed by atoms with Gasteiger partial charge in [-0.3, -0.25) is 0 Å². The number of nitrogens with one attached hydrogen (secondary N) is 1. The zero-order chi connectivity index (χ0) is 13.1. The van der Waals surface area contributed by atoms with Gasteiger partial charge in [0.15, 0.2) is 0 Å². The van der Waals surface area contributed by atoms with Crippen LogP contribution in [0.25, 0.3) is 10.3 Å². The molecule has 0 bridgehead atoms. The third-order valence-electron chi connectivity index (χ3n) is 3.56. The second-order valence-electron chi connectivity index (χ2n) is 5.53. The zero-order valence-electron chi connectivity index (χ0n) is 11.9. The normalized spacial score (nSPS) is 13.6. The van der Waals surface area contributed by atoms with Gasteiger partial charge in [0.1, 0.15) is 10.3 Å². The van der Waals surface area contributed by atoms with Crippen molar-refractivity contribution in [3.63, 3.8) is 0 Å². The Labute approximate surface area is 114 Å². The van der Waals surface area contributed by atoms with Gasteiger partial charge in [-0.25, -0.2) is 4.98 Å². The number of hydrogen-bond acceptors (Lipinski definition) is 2. The van der Waals surface area contributed by atoms with Crippen LogP contribution >= 0.6 is 11.3 Å². The van der Waals surface area contributed by atoms with E-state index in [0.717, 1.165) is 0 Å². The minimum atomic E-state index is 0.545. The van der Waals surface area contributed by atoms with Crippen LogP contribution in [0.3, 0.4) is 0 Å². The summed E-state index contributed by atoms with van der Waals surface area (Å²) in [6.07, 6.45) is 7.33. The first-order valence-corrected chi connectivity index (χ1v) is 7.92. The van der Waals surface area contributed by atoms with Crippen molar-refractivity contribution < 1.29 is 0 Å². The van der Waals surface area contributed by atoms with E-state index < -0.39 is 0 Å². The fraction of sp³-hybridized carbons (Fsp3) is 0.667. The average molecular weight is 264 g/mol. The van der Waals surface area contributed by atoms with Crippen LogP contribution in [0.1, 0.15) is 75.8 Å². The van der Waals surface area contributed by atoms with Gasteiger partial charge in [-0.15, -0.1) is 11.3 Å². The lowest BCUT2D eigenvalue weighted by Crippen LogP contribution is -1.93. The van der Waals surface area contributed by atoms with E-state index in [1.165, 1.54) is 46.6 Å². The summed E-state index contributed by atoms with van der Waals surface area (Å²) in [7, 11) is 0. The van der Waals surface area contributed by atoms with Crippen LogP contribution < -0.4 is 0 Å². The summed E-state index contributed by atoms with van der Waals surface area (Å²) >= 11 is 1.83. The second kappa shape index (κ2) is 5.87. The molecule has 2 aromatic heterocycles. The molecule has 0 spiro atoms. The zero-order valence-corrected chi connectivity index (χ0v) is 12.7. The van der Waals surface area contributed by atoms with Gasteiger partial charge in [-0.05, 0) is 17.9 Å². The largest absolute Gasteiger partial charge is 0.351 e. The number of rotatable bonds is 6. The fourth-order valence-corrected chi connectivity index (χ4v) is 3.36. The van der Waals surface area contributed by atoms with Crippen LogP contribution in [0, 0.1) is 0 Å². The number of fused-ring (bicyclic) bond motifs is 1. The monoisotopic (exact) mass is 264 g/mol. The number of H-pyrrole nitrogens is 1. The molecule has 2 aromatic rings. The molecule has 1 atom stereocenters. The predicted octanol–water partition coefficient (Wildman–Crippen LogP) is 5.43. The van der Waals surface area contributed by atoms with E-state index in [4.69, 9.17) is 4.98 Å². The molecular formula is C15H24N2S. The number of hydrogen-bond donors (Lipinski definition) is 1. The smallest absolute Gasteiger partial charge is 0.121 e. The first kappa shape index (κ1) is 13.6. The van der Waals surface area contributed by atoms with Gasteiger partial charge in [0.2, 0.25) is 0 Å². The highest BCUT2D eigenvalue weighted by Gasteiger charge is 2.16. The second-order valence-corrected chi connectivity index (χ2v) is 6.56. The summed E-state index contributed by atoms with van der Waals surface area (Å²) in [6, 6.07) is 0. The minimum absolute atomic E-state index is 0.545. The van der Waals surface area contributed by atoms with Crippen molar-refractivity contribution in [3.8, 4) is 0 Å². The number of thiazole rings is 1. The molecule has 0 radical (unpaired) electrons. The lowest BCUT2D eigenvalue weighted by atomic mass is 10.0. The molecule has 0 saturated heterocycles. The summed E-state index contributed by atoms with van der Waals surface area (Å²) < 4.78 is 0. The number of nitrogens with zero attached hydrogens (tertiary/aromatic N) is 1. The van der Waals surface area contributed by atoms with E-state index in [-0.39, 0.29) is 0 Å². The Balaban J connectivity index is 2.14. The highest BCUT2D eigenvalue weighted by molar-refractivity contribution is 7.18. The lowest BCUT2D eigenvalue weighted by Gasteiger charge is -2.07. The number of aromatic amines is 1. The maximum atomic E-state index is 4.86. The summed E-state index contributed by atoms with van der Waals surface area (Å²) in [4.78, 5) is 9.47. The van der Waals surface area contributed by atoms with E-state index >= 15 is 0 Å². The molecule has 0 fully saturated rings. The van der Waals surface area contributed by atoms with Crippen molar-refractivity contribution in [3.05, 3.63) is 16.8 Å². The first-order valence-electron chi connectivity index (χ1n) is 7.11. The van der Waals surface area contributed by atoms with Crippen LogP contribution in [-0.4, -0.2) is 9.97 Å². The van der Waals surface area contributed by atoms with Gasteiger partial charge in [0, 0.05) is 12.1 Å². The van der Waals surface area contributed by atoms with E-state index in [1.807, 2.05) is 11.3 Å². The topological polar surface area (TPSA) is 28.7 Å². The molecule has 0 saturated carbocycles. The molecule has 0 aliphatic carbocycles. The van der Waals surface area contributed by atoms with Crippen LogP contribution in [-0.2, 0) is 0 Å². The van der Waals surface area contributed by atoms with Crippen LogP contribution in [0.4, 0.5) is 0 Å². The molecule has 3 heteroatoms. The van der Waals surface area contributed by atoms with Crippen molar-refractivity contribution in [1.82, 2.24) is 9.97 Å². The van der Waals surface area contributed by atoms with Crippen molar-refractivity contribution >= 4 is 21.7 Å². The van der Waals surface area contributed by atoms with E-state index in [1.54, 1.807) is 0 Å². The van der Waals surface area contributed by atoms with Gasteiger partial charge in [0.25, 0.3) is 0 Å². The Kier molecular flexibility index (Phi) is 4.44. The summed E-state index contributed by atoms with van der Waals surface area (Å²) in [5, 5.41) is 1.30. The summed E-state index contributed by atoms with van der Waals surface area (Å²) in [5.41, 5.74) is 2.56. The summed E-state index contributed by atoms with van der Waals surface area (Å²) in [6.45, 7) is 9.02. The van der Waals surface area contributed by atoms with Crippen LogP contribution in [0.2, 0.25) is 0 Å². The molecule has 100 valence electrons. The third-order valence-corrected chi connectivity index (χ3v) is 4.78. The standard InChI is InChI=1S/C15H24N2S/c1-5-6-7-8-11(4)14-17-13-12(10(2)3)9-16-15(13)18-14/h9-11,16H,5-8H2,1-4H3. The maximum absolute atomic E-state index is 4.86. The molecule has 2 nitrogen and oxygen atoms in total. The van der Waals surface area contributed by atoms with Gasteiger partial charge >= 0.3 is 0 Å². The molecule has 0 aromatic carbocycles. The number of unbranched alkanes of at least 4 members (excludes halogenated alkanes) is 2. The molecule has 18 heavy (non-hydrogen) atoms. The van der Waals surface area contributed by atoms with Crippen molar-refractivity contribution in [2.24, 2.45) is 0 Å². The summed E-state index contributed by atoms with van der Waals surface area (Å²) in [5.74, 6) is 1.14. The Morgan fingerprint density at radius 3 is 2.72 bits per heavy atom. The van der Waals surface area contributed by atoms with Crippen LogP contribution in [0.15, 0.2) is 6.20 Å². The predicted molar refractivity (Wildman–Crippen MR) is 80.6 cm³/mol. The van der Waals surface area contributed by atoms with Gasteiger partial charge in [-0.1, -0.05) is 47.0 Å². The van der Waals surface area contributed by atoms with E-state index in [0.29, 0.717) is 11.8 Å². The van der Waals surface area contributed by atoms with Crippen molar-refractivity contribution in [2.45, 2.75) is 65.2 Å². The quantitative estimate of drug-likeness (QED) is 0.692. The molecule has 0 aliphatic heterocycles. The molecule has 0 aliphatic rings. The number of aromatic nitrogens is 2. The van der Waals surface area contributed by atoms with Gasteiger partial charge in [0.05, 0.1) is 5.01 Å². The highest BCUT2D eigenvalue weighted by atomic mass is 32.1. The van der Waals surface area contributed by atoms with Crippen molar-refractivity contribution in [1.29, 1.82) is 0 Å². The SMILES string of the molecule is CCCCCC(C)c1nc2c(C(C)C)c[nH]c2s1. The molecule has 0 amide bonds. The first-order chi connectivity index (χ1) is 8.63. The Morgan fingerprint density at radius 2 is 2.06 bits per heavy atom. The molecule has 1 N–H and O–H groups in total. The Hall–Kier alpha value is -0.830. The third kappa shape index (κ3) is 2.77. The highest BCUT2D eigenvalue weighted by Crippen LogP contribution is 2.33. The van der Waals surface area contributed by atoms with Crippen LogP contribution in [0.5, 0.6) is 0 Å².